The van der Waals surface area contributed by atoms with E-state index in [1.807, 2.05) is 32.9 Å². The molecule has 0 aliphatic carbocycles. The molecule has 0 unspecified atom stereocenters. The van der Waals surface area contributed by atoms with Crippen molar-refractivity contribution in [3.63, 3.8) is 0 Å². The van der Waals surface area contributed by atoms with Gasteiger partial charge in [-0.15, -0.1) is 0 Å². The van der Waals surface area contributed by atoms with Crippen molar-refractivity contribution in [1.29, 1.82) is 0 Å². The summed E-state index contributed by atoms with van der Waals surface area (Å²) >= 11 is 1.46. The van der Waals surface area contributed by atoms with Gasteiger partial charge < -0.3 is 10.1 Å². The zero-order chi connectivity index (χ0) is 11.5. The fourth-order valence-corrected chi connectivity index (χ4v) is 1.68. The Morgan fingerprint density at radius 3 is 2.67 bits per heavy atom. The maximum atomic E-state index is 11.3. The summed E-state index contributed by atoms with van der Waals surface area (Å²) in [5.74, 6) is 0. The molecule has 1 aromatic rings. The first-order chi connectivity index (χ1) is 6.87. The van der Waals surface area contributed by atoms with Gasteiger partial charge >= 0.3 is 6.09 Å². The van der Waals surface area contributed by atoms with Crippen LogP contribution < -0.4 is 10.1 Å². The predicted octanol–water partition coefficient (Wildman–Crippen LogP) is 1.57. The highest BCUT2D eigenvalue weighted by atomic mass is 32.1. The van der Waals surface area contributed by atoms with Gasteiger partial charge in [0, 0.05) is 4.88 Å². The molecule has 1 heterocycles. The van der Waals surface area contributed by atoms with Crippen LogP contribution in [0.3, 0.4) is 0 Å². The molecule has 1 aromatic heterocycles. The van der Waals surface area contributed by atoms with Crippen LogP contribution in [0.2, 0.25) is 0 Å². The predicted molar refractivity (Wildman–Crippen MR) is 62.8 cm³/mol. The van der Waals surface area contributed by atoms with E-state index in [0.717, 1.165) is 9.65 Å². The lowest BCUT2D eigenvalue weighted by Gasteiger charge is -2.19. The van der Waals surface area contributed by atoms with Crippen LogP contribution in [0.1, 0.15) is 25.6 Å². The molecule has 80 valence electrons. The zero-order valence-electron chi connectivity index (χ0n) is 9.16. The van der Waals surface area contributed by atoms with Crippen molar-refractivity contribution in [1.82, 2.24) is 5.32 Å². The van der Waals surface area contributed by atoms with Crippen LogP contribution in [-0.2, 0) is 11.3 Å². The molecule has 0 atom stereocenters. The molecule has 0 bridgehead atoms. The molecule has 0 spiro atoms. The second-order valence-corrected chi connectivity index (χ2v) is 5.36. The van der Waals surface area contributed by atoms with Crippen molar-refractivity contribution in [2.24, 2.45) is 0 Å². The van der Waals surface area contributed by atoms with Gasteiger partial charge in [-0.2, -0.15) is 11.3 Å². The van der Waals surface area contributed by atoms with E-state index in [4.69, 9.17) is 12.6 Å². The molecule has 0 fully saturated rings. The number of hydrogen-bond acceptors (Lipinski definition) is 3. The van der Waals surface area contributed by atoms with Gasteiger partial charge in [0.05, 0.1) is 6.54 Å². The lowest BCUT2D eigenvalue weighted by molar-refractivity contribution is 0.0524. The summed E-state index contributed by atoms with van der Waals surface area (Å²) in [6, 6.07) is 3.70. The summed E-state index contributed by atoms with van der Waals surface area (Å²) in [6.07, 6.45) is -0.408. The van der Waals surface area contributed by atoms with Crippen LogP contribution in [0.4, 0.5) is 4.79 Å². The number of amides is 1. The van der Waals surface area contributed by atoms with E-state index >= 15 is 0 Å². The molecular formula is C10H14BNO2S. The molecule has 1 amide bonds. The van der Waals surface area contributed by atoms with Gasteiger partial charge in [0.1, 0.15) is 13.4 Å². The zero-order valence-corrected chi connectivity index (χ0v) is 9.98. The minimum atomic E-state index is -0.460. The first kappa shape index (κ1) is 12.1. The largest absolute Gasteiger partial charge is 0.444 e. The van der Waals surface area contributed by atoms with E-state index in [9.17, 15) is 4.79 Å². The Bertz CT molecular complexity index is 343. The maximum Gasteiger partial charge on any atom is 0.407 e. The molecule has 2 radical (unpaired) electrons. The van der Waals surface area contributed by atoms with Crippen LogP contribution in [0.5, 0.6) is 0 Å². The average molecular weight is 223 g/mol. The number of nitrogens with one attached hydrogen (secondary N) is 1. The Morgan fingerprint density at radius 2 is 2.20 bits per heavy atom. The van der Waals surface area contributed by atoms with E-state index in [1.165, 1.54) is 11.3 Å². The Labute approximate surface area is 95.2 Å². The molecule has 3 nitrogen and oxygen atoms in total. The van der Waals surface area contributed by atoms with E-state index in [-0.39, 0.29) is 0 Å². The Balaban J connectivity index is 2.35. The summed E-state index contributed by atoms with van der Waals surface area (Å²) in [5.41, 5.74) is -0.460. The summed E-state index contributed by atoms with van der Waals surface area (Å²) in [5, 5.41) is 2.66. The Hall–Kier alpha value is -0.965. The second kappa shape index (κ2) is 4.70. The molecule has 1 N–H and O–H groups in total. The highest BCUT2D eigenvalue weighted by molar-refractivity contribution is 7.20. The highest BCUT2D eigenvalue weighted by Gasteiger charge is 2.15. The molecule has 0 saturated heterocycles. The van der Waals surface area contributed by atoms with Gasteiger partial charge in [0.15, 0.2) is 0 Å². The molecule has 0 aliphatic rings. The number of ether oxygens (including phenoxy) is 1. The first-order valence-electron chi connectivity index (χ1n) is 4.68. The number of hydrogen-bond donors (Lipinski definition) is 1. The third kappa shape index (κ3) is 4.88. The van der Waals surface area contributed by atoms with Gasteiger partial charge in [0.25, 0.3) is 0 Å². The molecule has 0 aromatic carbocycles. The van der Waals surface area contributed by atoms with Crippen LogP contribution in [0, 0.1) is 0 Å². The maximum absolute atomic E-state index is 11.3. The van der Waals surface area contributed by atoms with E-state index in [2.05, 4.69) is 5.32 Å². The first-order valence-corrected chi connectivity index (χ1v) is 5.49. The normalized spacial score (nSPS) is 11.1. The number of thiophene rings is 1. The third-order valence-corrected chi connectivity index (χ3v) is 2.40. The number of rotatable bonds is 2. The van der Waals surface area contributed by atoms with Gasteiger partial charge in [-0.05, 0) is 31.6 Å². The SMILES string of the molecule is [B]c1ccc(CNC(=O)OC(C)(C)C)s1. The van der Waals surface area contributed by atoms with Crippen LogP contribution in [0.25, 0.3) is 0 Å². The van der Waals surface area contributed by atoms with E-state index in [0.29, 0.717) is 6.54 Å². The smallest absolute Gasteiger partial charge is 0.407 e. The van der Waals surface area contributed by atoms with Crippen molar-refractivity contribution in [2.75, 3.05) is 0 Å². The molecule has 0 aliphatic heterocycles. The van der Waals surface area contributed by atoms with Crippen molar-refractivity contribution < 1.29 is 9.53 Å². The van der Waals surface area contributed by atoms with Crippen molar-refractivity contribution in [2.45, 2.75) is 32.9 Å². The molecule has 1 rings (SSSR count). The quantitative estimate of drug-likeness (QED) is 0.772. The lowest BCUT2D eigenvalue weighted by atomic mass is 10.1. The van der Waals surface area contributed by atoms with Gasteiger partial charge in [-0.3, -0.25) is 0 Å². The fraction of sp³-hybridized carbons (Fsp3) is 0.500. The van der Waals surface area contributed by atoms with Gasteiger partial charge in [0.2, 0.25) is 0 Å². The number of alkyl carbamates (subject to hydrolysis) is 1. The average Bonchev–Trinajstić information content (AvgIpc) is 2.45. The summed E-state index contributed by atoms with van der Waals surface area (Å²) in [4.78, 5) is 12.3. The minimum absolute atomic E-state index is 0.408. The van der Waals surface area contributed by atoms with Gasteiger partial charge in [-0.1, -0.05) is 6.07 Å². The second-order valence-electron chi connectivity index (χ2n) is 4.16. The Kier molecular flexibility index (Phi) is 3.80. The monoisotopic (exact) mass is 223 g/mol. The molecule has 0 saturated carbocycles. The van der Waals surface area contributed by atoms with Crippen molar-refractivity contribution in [3.05, 3.63) is 17.0 Å². The molecular weight excluding hydrogens is 209 g/mol. The van der Waals surface area contributed by atoms with Crippen molar-refractivity contribution >= 4 is 30.1 Å². The third-order valence-electron chi connectivity index (χ3n) is 1.49. The van der Waals surface area contributed by atoms with E-state index in [1.54, 1.807) is 0 Å². The summed E-state index contributed by atoms with van der Waals surface area (Å²) < 4.78 is 5.84. The highest BCUT2D eigenvalue weighted by Crippen LogP contribution is 2.08. The topological polar surface area (TPSA) is 38.3 Å². The summed E-state index contributed by atoms with van der Waals surface area (Å²) in [6.45, 7) is 5.94. The van der Waals surface area contributed by atoms with Gasteiger partial charge in [-0.25, -0.2) is 4.79 Å². The Morgan fingerprint density at radius 1 is 1.53 bits per heavy atom. The van der Waals surface area contributed by atoms with Crippen LogP contribution in [-0.4, -0.2) is 19.5 Å². The van der Waals surface area contributed by atoms with Crippen LogP contribution in [0.15, 0.2) is 12.1 Å². The van der Waals surface area contributed by atoms with Crippen LogP contribution >= 0.6 is 11.3 Å². The molecule has 15 heavy (non-hydrogen) atoms. The fourth-order valence-electron chi connectivity index (χ4n) is 0.963. The van der Waals surface area contributed by atoms with E-state index < -0.39 is 11.7 Å². The standard InChI is InChI=1S/C10H14BNO2S/c1-10(2,3)14-9(13)12-6-7-4-5-8(11)15-7/h4-5H,6H2,1-3H3,(H,12,13). The minimum Gasteiger partial charge on any atom is -0.444 e. The number of carbonyl (C=O) groups excluding carboxylic acids is 1. The number of carbonyl (C=O) groups is 1. The summed E-state index contributed by atoms with van der Waals surface area (Å²) in [7, 11) is 5.56. The van der Waals surface area contributed by atoms with Crippen molar-refractivity contribution in [3.8, 4) is 0 Å². The molecule has 5 heteroatoms. The lowest BCUT2D eigenvalue weighted by Crippen LogP contribution is -2.31.